The number of nitrogens with zero attached hydrogens (tertiary/aromatic N) is 2. The Morgan fingerprint density at radius 3 is 2.30 bits per heavy atom. The number of rotatable bonds is 8. The summed E-state index contributed by atoms with van der Waals surface area (Å²) >= 11 is 0. The van der Waals surface area contributed by atoms with E-state index in [1.54, 1.807) is 47.4 Å². The largest absolute Gasteiger partial charge is 0.383 e. The van der Waals surface area contributed by atoms with Gasteiger partial charge in [-0.25, -0.2) is 8.42 Å². The van der Waals surface area contributed by atoms with Crippen LogP contribution >= 0.6 is 0 Å². The van der Waals surface area contributed by atoms with Gasteiger partial charge in [-0.2, -0.15) is 9.71 Å². The van der Waals surface area contributed by atoms with Crippen molar-refractivity contribution in [3.8, 4) is 0 Å². The molecule has 3 aromatic carbocycles. The molecule has 5 N–H and O–H groups in total. The van der Waals surface area contributed by atoms with Crippen LogP contribution in [0.2, 0.25) is 0 Å². The minimum atomic E-state index is -3.98. The van der Waals surface area contributed by atoms with Gasteiger partial charge in [0.15, 0.2) is 0 Å². The molecule has 37 heavy (non-hydrogen) atoms. The first kappa shape index (κ1) is 26.5. The normalized spacial score (nSPS) is 15.5. The average Bonchev–Trinajstić information content (AvgIpc) is 2.92. The van der Waals surface area contributed by atoms with E-state index in [0.717, 1.165) is 35.6 Å². The summed E-state index contributed by atoms with van der Waals surface area (Å²) in [6, 6.07) is 18.3. The summed E-state index contributed by atoms with van der Waals surface area (Å²) in [4.78, 5) is 30.5. The molecule has 2 amide bonds. The quantitative estimate of drug-likeness (QED) is 0.305. The monoisotopic (exact) mass is 521 g/mol. The third-order valence-electron chi connectivity index (χ3n) is 6.40. The molecule has 0 aromatic heterocycles. The summed E-state index contributed by atoms with van der Waals surface area (Å²) in [6.07, 6.45) is 2.99. The van der Waals surface area contributed by atoms with Crippen molar-refractivity contribution in [3.63, 3.8) is 0 Å². The first-order chi connectivity index (χ1) is 17.8. The molecule has 194 valence electrons. The summed E-state index contributed by atoms with van der Waals surface area (Å²) in [6.45, 7) is 0.971. The van der Waals surface area contributed by atoms with E-state index in [9.17, 15) is 18.0 Å². The number of nitrogens with one attached hydrogen (secondary N) is 1. The van der Waals surface area contributed by atoms with Gasteiger partial charge in [-0.05, 0) is 54.2 Å². The highest BCUT2D eigenvalue weighted by Gasteiger charge is 2.30. The lowest BCUT2D eigenvalue weighted by molar-refractivity contribution is -0.133. The second kappa shape index (κ2) is 11.6. The van der Waals surface area contributed by atoms with Gasteiger partial charge < -0.3 is 16.4 Å². The van der Waals surface area contributed by atoms with Crippen LogP contribution in [0.25, 0.3) is 10.8 Å². The fourth-order valence-electron chi connectivity index (χ4n) is 4.40. The van der Waals surface area contributed by atoms with Crippen molar-refractivity contribution in [1.29, 1.82) is 0 Å². The number of amides is 2. The maximum Gasteiger partial charge on any atom is 0.261 e. The minimum absolute atomic E-state index is 0.0416. The predicted molar refractivity (Wildman–Crippen MR) is 143 cm³/mol. The van der Waals surface area contributed by atoms with Gasteiger partial charge in [-0.3, -0.25) is 9.59 Å². The fourth-order valence-corrected chi connectivity index (χ4v) is 5.62. The van der Waals surface area contributed by atoms with Gasteiger partial charge in [-0.1, -0.05) is 54.6 Å². The lowest BCUT2D eigenvalue weighted by Gasteiger charge is -2.30. The highest BCUT2D eigenvalue weighted by molar-refractivity contribution is 7.89. The smallest absolute Gasteiger partial charge is 0.261 e. The van der Waals surface area contributed by atoms with Gasteiger partial charge in [-0.15, -0.1) is 0 Å². The van der Waals surface area contributed by atoms with E-state index in [-0.39, 0.29) is 29.6 Å². The van der Waals surface area contributed by atoms with Crippen molar-refractivity contribution in [3.05, 3.63) is 77.9 Å². The Hall–Kier alpha value is -3.60. The van der Waals surface area contributed by atoms with Crippen LogP contribution in [0.5, 0.6) is 0 Å². The van der Waals surface area contributed by atoms with Gasteiger partial charge in [0.25, 0.3) is 5.91 Å². The van der Waals surface area contributed by atoms with Gasteiger partial charge in [0.05, 0.1) is 11.4 Å². The van der Waals surface area contributed by atoms with Crippen molar-refractivity contribution >= 4 is 38.4 Å². The van der Waals surface area contributed by atoms with E-state index in [0.29, 0.717) is 18.7 Å². The van der Waals surface area contributed by atoms with Crippen molar-refractivity contribution < 1.29 is 18.0 Å². The lowest BCUT2D eigenvalue weighted by atomic mass is 10.0. The third-order valence-corrected chi connectivity index (χ3v) is 7.87. The van der Waals surface area contributed by atoms with Crippen molar-refractivity contribution in [2.45, 2.75) is 36.6 Å². The zero-order valence-electron chi connectivity index (χ0n) is 20.5. The number of aliphatic imine (C=N–C) groups is 1. The van der Waals surface area contributed by atoms with Crippen LogP contribution in [0, 0.1) is 0 Å². The number of hydrogen-bond acceptors (Lipinski definition) is 5. The number of benzene rings is 3. The van der Waals surface area contributed by atoms with E-state index in [1.165, 1.54) is 0 Å². The van der Waals surface area contributed by atoms with Crippen LogP contribution in [0.15, 0.2) is 76.6 Å². The summed E-state index contributed by atoms with van der Waals surface area (Å²) in [5, 5.41) is 1.73. The maximum atomic E-state index is 13.5. The fraction of sp³-hybridized carbons (Fsp3) is 0.296. The third kappa shape index (κ3) is 6.59. The van der Waals surface area contributed by atoms with Gasteiger partial charge >= 0.3 is 0 Å². The van der Waals surface area contributed by atoms with Crippen LogP contribution in [-0.4, -0.2) is 56.6 Å². The van der Waals surface area contributed by atoms with Gasteiger partial charge in [0.1, 0.15) is 11.9 Å². The second-order valence-electron chi connectivity index (χ2n) is 9.06. The number of nitrogens with two attached hydrogens (primary N) is 2. The molecular formula is C27H31N5O4S. The molecule has 0 aliphatic carbocycles. The van der Waals surface area contributed by atoms with Crippen molar-refractivity contribution in [1.82, 2.24) is 9.62 Å². The van der Waals surface area contributed by atoms with Gasteiger partial charge in [0.2, 0.25) is 15.9 Å². The highest BCUT2D eigenvalue weighted by atomic mass is 32.2. The average molecular weight is 522 g/mol. The molecule has 1 fully saturated rings. The van der Waals surface area contributed by atoms with E-state index in [4.69, 9.17) is 11.5 Å². The maximum absolute atomic E-state index is 13.5. The van der Waals surface area contributed by atoms with E-state index < -0.39 is 22.0 Å². The SMILES string of the molecule is NCC(=O)N=C(N)c1ccc(C[C@H](NS(=O)(=O)c2ccc3ccccc3c2)C(=O)N2CCCCC2)cc1. The first-order valence-corrected chi connectivity index (χ1v) is 13.7. The number of carbonyl (C=O) groups is 2. The van der Waals surface area contributed by atoms with E-state index in [2.05, 4.69) is 9.71 Å². The number of fused-ring (bicyclic) bond motifs is 1. The molecule has 1 saturated heterocycles. The molecule has 1 aliphatic rings. The molecule has 1 aliphatic heterocycles. The van der Waals surface area contributed by atoms with E-state index >= 15 is 0 Å². The Labute approximate surface area is 216 Å². The number of likely N-dealkylation sites (tertiary alicyclic amines) is 1. The Morgan fingerprint density at radius 1 is 0.946 bits per heavy atom. The molecule has 0 saturated carbocycles. The Bertz CT molecular complexity index is 1410. The van der Waals surface area contributed by atoms with Crippen molar-refractivity contribution in [2.75, 3.05) is 19.6 Å². The zero-order chi connectivity index (χ0) is 26.4. The molecule has 1 atom stereocenters. The van der Waals surface area contributed by atoms with E-state index in [1.807, 2.05) is 24.3 Å². The highest BCUT2D eigenvalue weighted by Crippen LogP contribution is 2.20. The van der Waals surface area contributed by atoms with Crippen LogP contribution in [0.1, 0.15) is 30.4 Å². The number of amidine groups is 1. The topological polar surface area (TPSA) is 148 Å². The van der Waals surface area contributed by atoms with Crippen molar-refractivity contribution in [2.24, 2.45) is 16.5 Å². The molecular weight excluding hydrogens is 490 g/mol. The Kier molecular flexibility index (Phi) is 8.32. The molecule has 1 heterocycles. The number of piperidine rings is 1. The lowest BCUT2D eigenvalue weighted by Crippen LogP contribution is -2.50. The molecule has 0 radical (unpaired) electrons. The molecule has 10 heteroatoms. The van der Waals surface area contributed by atoms with Gasteiger partial charge in [0, 0.05) is 18.7 Å². The van der Waals surface area contributed by atoms with Crippen LogP contribution < -0.4 is 16.2 Å². The summed E-state index contributed by atoms with van der Waals surface area (Å²) in [7, 11) is -3.98. The first-order valence-electron chi connectivity index (χ1n) is 12.2. The number of hydrogen-bond donors (Lipinski definition) is 3. The minimum Gasteiger partial charge on any atom is -0.383 e. The predicted octanol–water partition coefficient (Wildman–Crippen LogP) is 1.93. The van der Waals surface area contributed by atoms with Crippen LogP contribution in [0.4, 0.5) is 0 Å². The number of carbonyl (C=O) groups excluding carboxylic acids is 2. The molecule has 0 bridgehead atoms. The van der Waals surface area contributed by atoms with Crippen LogP contribution in [-0.2, 0) is 26.0 Å². The standard InChI is InChI=1S/C27H31N5O4S/c28-18-25(33)30-26(29)21-10-8-19(9-11-21)16-24(27(34)32-14-4-1-5-15-32)31-37(35,36)23-13-12-20-6-2-3-7-22(20)17-23/h2-3,6-13,17,24,31H,1,4-5,14-16,18,28H2,(H2,29,30,33)/t24-/m0/s1. The van der Waals surface area contributed by atoms with Crippen LogP contribution in [0.3, 0.4) is 0 Å². The zero-order valence-corrected chi connectivity index (χ0v) is 21.3. The summed E-state index contributed by atoms with van der Waals surface area (Å²) in [5.41, 5.74) is 12.4. The molecule has 4 rings (SSSR count). The molecule has 0 unspecified atom stereocenters. The summed E-state index contributed by atoms with van der Waals surface area (Å²) < 4.78 is 29.4. The molecule has 3 aromatic rings. The Morgan fingerprint density at radius 2 is 1.62 bits per heavy atom. The number of sulfonamides is 1. The molecule has 0 spiro atoms. The molecule has 9 nitrogen and oxygen atoms in total. The summed E-state index contributed by atoms with van der Waals surface area (Å²) in [5.74, 6) is -0.737. The Balaban J connectivity index is 1.59. The second-order valence-corrected chi connectivity index (χ2v) is 10.8.